The van der Waals surface area contributed by atoms with Crippen LogP contribution in [-0.2, 0) is 6.42 Å². The van der Waals surface area contributed by atoms with E-state index in [2.05, 4.69) is 4.98 Å². The maximum atomic E-state index is 11.9. The molecule has 0 aliphatic heterocycles. The van der Waals surface area contributed by atoms with Gasteiger partial charge in [-0.1, -0.05) is 11.6 Å². The van der Waals surface area contributed by atoms with Crippen molar-refractivity contribution in [3.05, 3.63) is 29.0 Å². The second-order valence-corrected chi connectivity index (χ2v) is 3.17. The summed E-state index contributed by atoms with van der Waals surface area (Å²) >= 11 is 5.49. The molecule has 0 amide bonds. The van der Waals surface area contributed by atoms with E-state index in [-0.39, 0.29) is 5.69 Å². The van der Waals surface area contributed by atoms with Gasteiger partial charge in [-0.3, -0.25) is 4.98 Å². The van der Waals surface area contributed by atoms with Crippen LogP contribution < -0.4 is 0 Å². The third-order valence-electron chi connectivity index (χ3n) is 1.57. The van der Waals surface area contributed by atoms with Crippen molar-refractivity contribution in [2.75, 3.05) is 0 Å². The Morgan fingerprint density at radius 3 is 2.50 bits per heavy atom. The van der Waals surface area contributed by atoms with Crippen molar-refractivity contribution in [3.8, 4) is 0 Å². The second-order valence-electron chi connectivity index (χ2n) is 2.73. The molecule has 14 heavy (non-hydrogen) atoms. The number of pyridine rings is 1. The smallest absolute Gasteiger partial charge is 0.383 e. The number of hydrogen-bond donors (Lipinski definition) is 1. The lowest BCUT2D eigenvalue weighted by atomic mass is 10.2. The molecule has 0 aromatic carbocycles. The zero-order valence-corrected chi connectivity index (χ0v) is 7.68. The van der Waals surface area contributed by atoms with Gasteiger partial charge in [-0.15, -0.1) is 0 Å². The Morgan fingerprint density at radius 2 is 2.07 bits per heavy atom. The summed E-state index contributed by atoms with van der Waals surface area (Å²) in [5, 5.41) is 9.05. The first-order valence-corrected chi connectivity index (χ1v) is 4.12. The normalized spacial score (nSPS) is 14.1. The van der Waals surface area contributed by atoms with Crippen molar-refractivity contribution in [1.29, 1.82) is 0 Å². The average Bonchev–Trinajstić information content (AvgIpc) is 2.07. The van der Waals surface area contributed by atoms with Crippen LogP contribution in [0.5, 0.6) is 0 Å². The van der Waals surface area contributed by atoms with Gasteiger partial charge >= 0.3 is 6.18 Å². The largest absolute Gasteiger partial charge is 0.414 e. The summed E-state index contributed by atoms with van der Waals surface area (Å²) in [6, 6.07) is 2.77. The van der Waals surface area contributed by atoms with Gasteiger partial charge in [0.2, 0.25) is 0 Å². The molecule has 2 nitrogen and oxygen atoms in total. The van der Waals surface area contributed by atoms with Gasteiger partial charge in [0, 0.05) is 18.3 Å². The third kappa shape index (κ3) is 3.16. The Hall–Kier alpha value is -0.810. The second kappa shape index (κ2) is 4.14. The summed E-state index contributed by atoms with van der Waals surface area (Å²) in [7, 11) is 0. The number of aliphatic hydroxyl groups is 1. The van der Waals surface area contributed by atoms with E-state index in [4.69, 9.17) is 16.7 Å². The molecule has 1 unspecified atom stereocenters. The van der Waals surface area contributed by atoms with Crippen LogP contribution in [0.2, 0.25) is 5.02 Å². The van der Waals surface area contributed by atoms with Gasteiger partial charge in [-0.2, -0.15) is 13.2 Å². The number of alkyl halides is 3. The molecule has 0 fully saturated rings. The standard InChI is InChI=1S/C8H7ClF3NO/c9-5-1-2-6(13-4-5)3-7(14)8(10,11)12/h1-2,4,7,14H,3H2. The Bertz CT molecular complexity index is 298. The highest BCUT2D eigenvalue weighted by Crippen LogP contribution is 2.22. The molecule has 1 heterocycles. The average molecular weight is 226 g/mol. The third-order valence-corrected chi connectivity index (χ3v) is 1.79. The quantitative estimate of drug-likeness (QED) is 0.837. The van der Waals surface area contributed by atoms with E-state index in [1.165, 1.54) is 18.3 Å². The fraction of sp³-hybridized carbons (Fsp3) is 0.375. The molecule has 0 bridgehead atoms. The molecule has 1 rings (SSSR count). The lowest BCUT2D eigenvalue weighted by Crippen LogP contribution is -2.30. The molecule has 1 aromatic heterocycles. The Morgan fingerprint density at radius 1 is 1.43 bits per heavy atom. The highest BCUT2D eigenvalue weighted by atomic mass is 35.5. The zero-order valence-electron chi connectivity index (χ0n) is 6.92. The lowest BCUT2D eigenvalue weighted by molar-refractivity contribution is -0.203. The summed E-state index contributed by atoms with van der Waals surface area (Å²) in [5.74, 6) is 0. The molecule has 0 spiro atoms. The van der Waals surface area contributed by atoms with Gasteiger partial charge in [0.05, 0.1) is 5.02 Å². The number of nitrogens with zero attached hydrogens (tertiary/aromatic N) is 1. The van der Waals surface area contributed by atoms with Crippen molar-refractivity contribution in [2.24, 2.45) is 0 Å². The molecular formula is C8H7ClF3NO. The van der Waals surface area contributed by atoms with Gasteiger partial charge in [0.25, 0.3) is 0 Å². The Kier molecular flexibility index (Phi) is 3.34. The minimum Gasteiger partial charge on any atom is -0.383 e. The summed E-state index contributed by atoms with van der Waals surface area (Å²) in [4.78, 5) is 3.64. The summed E-state index contributed by atoms with van der Waals surface area (Å²) in [6.45, 7) is 0. The lowest BCUT2D eigenvalue weighted by Gasteiger charge is -2.13. The number of rotatable bonds is 2. The predicted molar refractivity (Wildman–Crippen MR) is 45.0 cm³/mol. The van der Waals surface area contributed by atoms with E-state index in [1.807, 2.05) is 0 Å². The molecule has 0 saturated carbocycles. The monoisotopic (exact) mass is 225 g/mol. The van der Waals surface area contributed by atoms with Gasteiger partial charge in [0.15, 0.2) is 6.10 Å². The van der Waals surface area contributed by atoms with Crippen molar-refractivity contribution in [1.82, 2.24) is 4.98 Å². The minimum atomic E-state index is -4.61. The number of aliphatic hydroxyl groups excluding tert-OH is 1. The molecule has 1 N–H and O–H groups in total. The molecular weight excluding hydrogens is 219 g/mol. The van der Waals surface area contributed by atoms with E-state index >= 15 is 0 Å². The molecule has 78 valence electrons. The van der Waals surface area contributed by atoms with Crippen molar-refractivity contribution < 1.29 is 18.3 Å². The highest BCUT2D eigenvalue weighted by Gasteiger charge is 2.38. The minimum absolute atomic E-state index is 0.152. The maximum absolute atomic E-state index is 11.9. The van der Waals surface area contributed by atoms with E-state index in [0.717, 1.165) is 0 Å². The first-order valence-electron chi connectivity index (χ1n) is 3.75. The van der Waals surface area contributed by atoms with Crippen LogP contribution in [0.15, 0.2) is 18.3 Å². The first-order chi connectivity index (χ1) is 6.39. The van der Waals surface area contributed by atoms with Gasteiger partial charge < -0.3 is 5.11 Å². The molecule has 0 aliphatic carbocycles. The SMILES string of the molecule is OC(Cc1ccc(Cl)cn1)C(F)(F)F. The van der Waals surface area contributed by atoms with Crippen LogP contribution >= 0.6 is 11.6 Å². The van der Waals surface area contributed by atoms with Crippen molar-refractivity contribution in [2.45, 2.75) is 18.7 Å². The molecule has 6 heteroatoms. The van der Waals surface area contributed by atoms with Crippen LogP contribution in [0.25, 0.3) is 0 Å². The van der Waals surface area contributed by atoms with Gasteiger partial charge in [-0.25, -0.2) is 0 Å². The zero-order chi connectivity index (χ0) is 10.8. The Balaban J connectivity index is 2.65. The van der Waals surface area contributed by atoms with Gasteiger partial charge in [-0.05, 0) is 12.1 Å². The van der Waals surface area contributed by atoms with Crippen LogP contribution in [0.3, 0.4) is 0 Å². The summed E-state index contributed by atoms with van der Waals surface area (Å²) in [5.41, 5.74) is 0.152. The van der Waals surface area contributed by atoms with Crippen LogP contribution in [0.4, 0.5) is 13.2 Å². The van der Waals surface area contributed by atoms with E-state index < -0.39 is 18.7 Å². The Labute approximate surface area is 83.3 Å². The van der Waals surface area contributed by atoms with E-state index in [0.29, 0.717) is 5.02 Å². The number of hydrogen-bond acceptors (Lipinski definition) is 2. The van der Waals surface area contributed by atoms with Crippen LogP contribution in [0, 0.1) is 0 Å². The maximum Gasteiger partial charge on any atom is 0.414 e. The molecule has 1 atom stereocenters. The molecule has 0 radical (unpaired) electrons. The van der Waals surface area contributed by atoms with E-state index in [1.54, 1.807) is 0 Å². The number of aromatic nitrogens is 1. The van der Waals surface area contributed by atoms with Crippen LogP contribution in [-0.4, -0.2) is 22.4 Å². The van der Waals surface area contributed by atoms with Crippen molar-refractivity contribution >= 4 is 11.6 Å². The van der Waals surface area contributed by atoms with Crippen molar-refractivity contribution in [3.63, 3.8) is 0 Å². The fourth-order valence-corrected chi connectivity index (χ4v) is 0.953. The first kappa shape index (κ1) is 11.3. The summed E-state index contributed by atoms with van der Waals surface area (Å²) in [6.07, 6.45) is -6.31. The topological polar surface area (TPSA) is 33.1 Å². The molecule has 0 saturated heterocycles. The fourth-order valence-electron chi connectivity index (χ4n) is 0.841. The van der Waals surface area contributed by atoms with E-state index in [9.17, 15) is 13.2 Å². The van der Waals surface area contributed by atoms with Crippen LogP contribution in [0.1, 0.15) is 5.69 Å². The highest BCUT2D eigenvalue weighted by molar-refractivity contribution is 6.30. The molecule has 0 aliphatic rings. The van der Waals surface area contributed by atoms with Gasteiger partial charge in [0.1, 0.15) is 0 Å². The molecule has 1 aromatic rings. The number of halogens is 4. The predicted octanol–water partition coefficient (Wildman–Crippen LogP) is 2.20. The summed E-state index contributed by atoms with van der Waals surface area (Å²) < 4.78 is 35.7.